The summed E-state index contributed by atoms with van der Waals surface area (Å²) in [5.41, 5.74) is 0.502. The molecule has 0 spiro atoms. The van der Waals surface area contributed by atoms with Crippen LogP contribution in [0, 0.1) is 0 Å². The molecule has 0 bridgehead atoms. The molecule has 0 saturated carbocycles. The van der Waals surface area contributed by atoms with Crippen molar-refractivity contribution in [3.63, 3.8) is 0 Å². The van der Waals surface area contributed by atoms with Crippen LogP contribution in [0.1, 0.15) is 45.7 Å². The molecule has 0 amide bonds. The average molecular weight is 304 g/mol. The minimum atomic E-state index is -0.706. The predicted molar refractivity (Wildman–Crippen MR) is 86.4 cm³/mol. The van der Waals surface area contributed by atoms with Crippen LogP contribution in [0.5, 0.6) is 0 Å². The van der Waals surface area contributed by atoms with Crippen molar-refractivity contribution < 1.29 is 19.1 Å². The van der Waals surface area contributed by atoms with E-state index >= 15 is 0 Å². The number of carbonyl (C=O) groups is 2. The standard InChI is InChI=1S/C18H24O4/c1-17(2,3)22-15(19)12-9-13-7-10-14(11-8-13)18(4,5)16(20)21-6/h7-12H,1-6H3. The summed E-state index contributed by atoms with van der Waals surface area (Å²) in [4.78, 5) is 23.4. The minimum absolute atomic E-state index is 0.287. The van der Waals surface area contributed by atoms with Crippen LogP contribution in [0.4, 0.5) is 0 Å². The number of methoxy groups -OCH3 is 1. The summed E-state index contributed by atoms with van der Waals surface area (Å²) in [6, 6.07) is 7.40. The summed E-state index contributed by atoms with van der Waals surface area (Å²) in [6.07, 6.45) is 3.08. The quantitative estimate of drug-likeness (QED) is 0.631. The van der Waals surface area contributed by atoms with Gasteiger partial charge in [-0.15, -0.1) is 0 Å². The number of benzene rings is 1. The van der Waals surface area contributed by atoms with Crippen LogP contribution in [0.15, 0.2) is 30.3 Å². The Balaban J connectivity index is 2.82. The van der Waals surface area contributed by atoms with E-state index in [2.05, 4.69) is 0 Å². The van der Waals surface area contributed by atoms with Crippen molar-refractivity contribution in [2.24, 2.45) is 0 Å². The van der Waals surface area contributed by atoms with Crippen LogP contribution >= 0.6 is 0 Å². The topological polar surface area (TPSA) is 52.6 Å². The summed E-state index contributed by atoms with van der Waals surface area (Å²) in [5, 5.41) is 0. The Morgan fingerprint density at radius 2 is 1.55 bits per heavy atom. The minimum Gasteiger partial charge on any atom is -0.468 e. The van der Waals surface area contributed by atoms with Crippen molar-refractivity contribution in [3.05, 3.63) is 41.5 Å². The summed E-state index contributed by atoms with van der Waals surface area (Å²) in [5.74, 6) is -0.670. The fourth-order valence-corrected chi connectivity index (χ4v) is 1.88. The Bertz CT molecular complexity index is 560. The second-order valence-corrected chi connectivity index (χ2v) is 6.61. The van der Waals surface area contributed by atoms with Gasteiger partial charge in [0.15, 0.2) is 0 Å². The lowest BCUT2D eigenvalue weighted by atomic mass is 9.84. The Morgan fingerprint density at radius 3 is 2.00 bits per heavy atom. The molecule has 0 heterocycles. The Kier molecular flexibility index (Phi) is 5.53. The first-order valence-corrected chi connectivity index (χ1v) is 7.16. The molecule has 120 valence electrons. The van der Waals surface area contributed by atoms with Gasteiger partial charge in [-0.1, -0.05) is 24.3 Å². The van der Waals surface area contributed by atoms with E-state index in [0.29, 0.717) is 0 Å². The first kappa shape index (κ1) is 18.0. The molecule has 1 aromatic rings. The van der Waals surface area contributed by atoms with Gasteiger partial charge in [0.1, 0.15) is 5.60 Å². The zero-order valence-corrected chi connectivity index (χ0v) is 14.1. The molecule has 1 aromatic carbocycles. The van der Waals surface area contributed by atoms with Crippen molar-refractivity contribution in [2.75, 3.05) is 7.11 Å². The largest absolute Gasteiger partial charge is 0.468 e. The highest BCUT2D eigenvalue weighted by atomic mass is 16.6. The van der Waals surface area contributed by atoms with Crippen molar-refractivity contribution in [1.82, 2.24) is 0 Å². The summed E-state index contributed by atoms with van der Waals surface area (Å²) in [7, 11) is 1.38. The highest BCUT2D eigenvalue weighted by molar-refractivity contribution is 5.87. The van der Waals surface area contributed by atoms with Crippen molar-refractivity contribution in [3.8, 4) is 0 Å². The molecular weight excluding hydrogens is 280 g/mol. The van der Waals surface area contributed by atoms with Gasteiger partial charge in [-0.05, 0) is 51.8 Å². The van der Waals surface area contributed by atoms with Crippen LogP contribution in [-0.2, 0) is 24.5 Å². The van der Waals surface area contributed by atoms with Gasteiger partial charge >= 0.3 is 11.9 Å². The number of esters is 2. The zero-order chi connectivity index (χ0) is 17.0. The zero-order valence-electron chi connectivity index (χ0n) is 14.1. The van der Waals surface area contributed by atoms with Crippen LogP contribution < -0.4 is 0 Å². The van der Waals surface area contributed by atoms with E-state index in [9.17, 15) is 9.59 Å². The molecule has 0 aliphatic heterocycles. The molecule has 0 radical (unpaired) electrons. The third kappa shape index (κ3) is 5.02. The van der Waals surface area contributed by atoms with E-state index in [1.54, 1.807) is 6.08 Å². The maximum absolute atomic E-state index is 11.8. The fraction of sp³-hybridized carbons (Fsp3) is 0.444. The van der Waals surface area contributed by atoms with E-state index in [0.717, 1.165) is 11.1 Å². The van der Waals surface area contributed by atoms with E-state index < -0.39 is 11.0 Å². The lowest BCUT2D eigenvalue weighted by molar-refractivity contribution is -0.148. The molecule has 1 rings (SSSR count). The van der Waals surface area contributed by atoms with Crippen molar-refractivity contribution in [2.45, 2.75) is 45.6 Å². The molecular formula is C18H24O4. The van der Waals surface area contributed by atoms with Gasteiger partial charge in [0.05, 0.1) is 12.5 Å². The van der Waals surface area contributed by atoms with Crippen LogP contribution in [-0.4, -0.2) is 24.6 Å². The monoisotopic (exact) mass is 304 g/mol. The van der Waals surface area contributed by atoms with Crippen molar-refractivity contribution >= 4 is 18.0 Å². The number of hydrogen-bond acceptors (Lipinski definition) is 4. The molecule has 0 aliphatic carbocycles. The van der Waals surface area contributed by atoms with Gasteiger partial charge in [-0.3, -0.25) is 4.79 Å². The smallest absolute Gasteiger partial charge is 0.331 e. The maximum atomic E-state index is 11.8. The molecule has 0 aliphatic rings. The number of ether oxygens (including phenoxy) is 2. The SMILES string of the molecule is COC(=O)C(C)(C)c1ccc(C=CC(=O)OC(C)(C)C)cc1. The van der Waals surface area contributed by atoms with Gasteiger partial charge in [-0.2, -0.15) is 0 Å². The predicted octanol–water partition coefficient (Wildman–Crippen LogP) is 3.49. The van der Waals surface area contributed by atoms with Crippen molar-refractivity contribution in [1.29, 1.82) is 0 Å². The number of hydrogen-bond donors (Lipinski definition) is 0. The molecule has 0 unspecified atom stereocenters. The first-order valence-electron chi connectivity index (χ1n) is 7.16. The lowest BCUT2D eigenvalue weighted by Crippen LogP contribution is -2.30. The summed E-state index contributed by atoms with van der Waals surface area (Å²) >= 11 is 0. The Morgan fingerprint density at radius 1 is 1.00 bits per heavy atom. The molecule has 0 atom stereocenters. The first-order chi connectivity index (χ1) is 10.1. The molecule has 4 heteroatoms. The third-order valence-corrected chi connectivity index (χ3v) is 3.15. The lowest BCUT2D eigenvalue weighted by Gasteiger charge is -2.22. The molecule has 0 aromatic heterocycles. The third-order valence-electron chi connectivity index (χ3n) is 3.15. The highest BCUT2D eigenvalue weighted by Gasteiger charge is 2.30. The van der Waals surface area contributed by atoms with Gasteiger partial charge in [0.25, 0.3) is 0 Å². The summed E-state index contributed by atoms with van der Waals surface area (Å²) in [6.45, 7) is 9.09. The Hall–Kier alpha value is -2.10. The van der Waals surface area contributed by atoms with Gasteiger partial charge in [-0.25, -0.2) is 4.79 Å². The van der Waals surface area contributed by atoms with E-state index in [-0.39, 0.29) is 11.9 Å². The van der Waals surface area contributed by atoms with Crippen LogP contribution in [0.3, 0.4) is 0 Å². The normalized spacial score (nSPS) is 12.3. The maximum Gasteiger partial charge on any atom is 0.331 e. The fourth-order valence-electron chi connectivity index (χ4n) is 1.88. The van der Waals surface area contributed by atoms with Gasteiger partial charge in [0.2, 0.25) is 0 Å². The van der Waals surface area contributed by atoms with E-state index in [1.807, 2.05) is 58.9 Å². The highest BCUT2D eigenvalue weighted by Crippen LogP contribution is 2.25. The Labute approximate surface area is 132 Å². The number of rotatable bonds is 4. The molecule has 0 saturated heterocycles. The van der Waals surface area contributed by atoms with Crippen LogP contribution in [0.2, 0.25) is 0 Å². The molecule has 0 fully saturated rings. The molecule has 0 N–H and O–H groups in total. The van der Waals surface area contributed by atoms with Crippen LogP contribution in [0.25, 0.3) is 6.08 Å². The average Bonchev–Trinajstić information content (AvgIpc) is 2.42. The van der Waals surface area contributed by atoms with E-state index in [4.69, 9.17) is 9.47 Å². The second kappa shape index (κ2) is 6.77. The van der Waals surface area contributed by atoms with E-state index in [1.165, 1.54) is 13.2 Å². The number of carbonyl (C=O) groups excluding carboxylic acids is 2. The molecule has 22 heavy (non-hydrogen) atoms. The molecule has 4 nitrogen and oxygen atoms in total. The van der Waals surface area contributed by atoms with Gasteiger partial charge in [0, 0.05) is 6.08 Å². The summed E-state index contributed by atoms with van der Waals surface area (Å²) < 4.78 is 10.0. The second-order valence-electron chi connectivity index (χ2n) is 6.61. The van der Waals surface area contributed by atoms with Gasteiger partial charge < -0.3 is 9.47 Å².